The predicted octanol–water partition coefficient (Wildman–Crippen LogP) is 1.16. The molecule has 0 aromatic carbocycles. The lowest BCUT2D eigenvalue weighted by Crippen LogP contribution is -2.14. The van der Waals surface area contributed by atoms with Gasteiger partial charge in [-0.3, -0.25) is 4.98 Å². The van der Waals surface area contributed by atoms with Gasteiger partial charge in [-0.2, -0.15) is 0 Å². The minimum absolute atomic E-state index is 0.308. The largest absolute Gasteiger partial charge is 0.391 e. The minimum Gasteiger partial charge on any atom is -0.391 e. The SMILES string of the molecule is COCC(O)CCc1cncc(F)c1. The first-order valence-corrected chi connectivity index (χ1v) is 4.49. The zero-order valence-electron chi connectivity index (χ0n) is 8.11. The van der Waals surface area contributed by atoms with Crippen molar-refractivity contribution in [2.75, 3.05) is 13.7 Å². The third kappa shape index (κ3) is 3.81. The normalized spacial score (nSPS) is 12.8. The van der Waals surface area contributed by atoms with Gasteiger partial charge in [0.1, 0.15) is 5.82 Å². The lowest BCUT2D eigenvalue weighted by Gasteiger charge is -2.08. The third-order valence-electron chi connectivity index (χ3n) is 1.89. The van der Waals surface area contributed by atoms with E-state index in [9.17, 15) is 9.50 Å². The Morgan fingerprint density at radius 1 is 1.57 bits per heavy atom. The summed E-state index contributed by atoms with van der Waals surface area (Å²) in [5.41, 5.74) is 0.792. The minimum atomic E-state index is -0.497. The summed E-state index contributed by atoms with van der Waals surface area (Å²) in [4.78, 5) is 3.72. The second-order valence-corrected chi connectivity index (χ2v) is 3.16. The van der Waals surface area contributed by atoms with Gasteiger partial charge in [-0.25, -0.2) is 4.39 Å². The van der Waals surface area contributed by atoms with Gasteiger partial charge in [0.2, 0.25) is 0 Å². The second kappa shape index (κ2) is 5.67. The number of hydrogen-bond donors (Lipinski definition) is 1. The fourth-order valence-electron chi connectivity index (χ4n) is 1.20. The van der Waals surface area contributed by atoms with Crippen LogP contribution < -0.4 is 0 Å². The molecule has 3 nitrogen and oxygen atoms in total. The molecule has 0 radical (unpaired) electrons. The highest BCUT2D eigenvalue weighted by Gasteiger charge is 2.04. The smallest absolute Gasteiger partial charge is 0.141 e. The molecule has 1 rings (SSSR count). The number of methoxy groups -OCH3 is 1. The van der Waals surface area contributed by atoms with Gasteiger partial charge in [0.05, 0.1) is 18.9 Å². The van der Waals surface area contributed by atoms with Crippen molar-refractivity contribution >= 4 is 0 Å². The van der Waals surface area contributed by atoms with Gasteiger partial charge >= 0.3 is 0 Å². The van der Waals surface area contributed by atoms with E-state index in [2.05, 4.69) is 4.98 Å². The first-order valence-electron chi connectivity index (χ1n) is 4.49. The molecule has 1 N–H and O–H groups in total. The summed E-state index contributed by atoms with van der Waals surface area (Å²) in [6.45, 7) is 0.308. The van der Waals surface area contributed by atoms with E-state index in [1.54, 1.807) is 6.20 Å². The Balaban J connectivity index is 2.37. The molecule has 0 aliphatic heterocycles. The van der Waals surface area contributed by atoms with Crippen molar-refractivity contribution in [2.24, 2.45) is 0 Å². The van der Waals surface area contributed by atoms with Crippen LogP contribution in [0.5, 0.6) is 0 Å². The van der Waals surface area contributed by atoms with Crippen molar-refractivity contribution < 1.29 is 14.2 Å². The summed E-state index contributed by atoms with van der Waals surface area (Å²) in [5.74, 6) is -0.344. The molecule has 0 spiro atoms. The summed E-state index contributed by atoms with van der Waals surface area (Å²) in [5, 5.41) is 9.34. The average Bonchev–Trinajstić information content (AvgIpc) is 2.15. The zero-order valence-corrected chi connectivity index (χ0v) is 8.11. The van der Waals surface area contributed by atoms with E-state index in [4.69, 9.17) is 4.74 Å². The molecule has 0 aliphatic carbocycles. The maximum Gasteiger partial charge on any atom is 0.141 e. The molecule has 0 amide bonds. The number of aryl methyl sites for hydroxylation is 1. The molecule has 0 fully saturated rings. The van der Waals surface area contributed by atoms with Gasteiger partial charge < -0.3 is 9.84 Å². The zero-order chi connectivity index (χ0) is 10.4. The Bertz CT molecular complexity index is 281. The van der Waals surface area contributed by atoms with Crippen LogP contribution >= 0.6 is 0 Å². The number of hydrogen-bond acceptors (Lipinski definition) is 3. The van der Waals surface area contributed by atoms with E-state index in [1.807, 2.05) is 0 Å². The fourth-order valence-corrected chi connectivity index (χ4v) is 1.20. The van der Waals surface area contributed by atoms with Gasteiger partial charge in [-0.1, -0.05) is 0 Å². The highest BCUT2D eigenvalue weighted by Crippen LogP contribution is 2.06. The molecule has 4 heteroatoms. The molecular formula is C10H14FNO2. The topological polar surface area (TPSA) is 42.4 Å². The number of rotatable bonds is 5. The molecule has 0 aliphatic rings. The summed E-state index contributed by atoms with van der Waals surface area (Å²) < 4.78 is 17.5. The predicted molar refractivity (Wildman–Crippen MR) is 50.4 cm³/mol. The van der Waals surface area contributed by atoms with Crippen LogP contribution in [0, 0.1) is 5.82 Å². The molecule has 0 bridgehead atoms. The van der Waals surface area contributed by atoms with Crippen LogP contribution in [0.2, 0.25) is 0 Å². The lowest BCUT2D eigenvalue weighted by molar-refractivity contribution is 0.0595. The van der Waals surface area contributed by atoms with Crippen LogP contribution in [0.1, 0.15) is 12.0 Å². The lowest BCUT2D eigenvalue weighted by atomic mass is 10.1. The molecule has 0 saturated carbocycles. The summed E-state index contributed by atoms with van der Waals surface area (Å²) in [6.07, 6.45) is 3.43. The number of nitrogens with zero attached hydrogens (tertiary/aromatic N) is 1. The molecule has 1 aromatic rings. The van der Waals surface area contributed by atoms with Gasteiger partial charge in [0, 0.05) is 13.3 Å². The van der Waals surface area contributed by atoms with E-state index in [-0.39, 0.29) is 5.82 Å². The monoisotopic (exact) mass is 199 g/mol. The molecule has 1 atom stereocenters. The number of ether oxygens (including phenoxy) is 1. The highest BCUT2D eigenvalue weighted by molar-refractivity contribution is 5.10. The van der Waals surface area contributed by atoms with Crippen LogP contribution in [-0.4, -0.2) is 29.9 Å². The molecule has 14 heavy (non-hydrogen) atoms. The van der Waals surface area contributed by atoms with Crippen molar-refractivity contribution in [3.8, 4) is 0 Å². The Morgan fingerprint density at radius 2 is 2.36 bits per heavy atom. The molecule has 0 saturated heterocycles. The first kappa shape index (κ1) is 11.1. The quantitative estimate of drug-likeness (QED) is 0.773. The van der Waals surface area contributed by atoms with Gasteiger partial charge in [0.25, 0.3) is 0 Å². The van der Waals surface area contributed by atoms with E-state index >= 15 is 0 Å². The second-order valence-electron chi connectivity index (χ2n) is 3.16. The van der Waals surface area contributed by atoms with Gasteiger partial charge in [0.15, 0.2) is 0 Å². The maximum absolute atomic E-state index is 12.7. The van der Waals surface area contributed by atoms with E-state index in [0.29, 0.717) is 19.4 Å². The molecule has 1 heterocycles. The molecular weight excluding hydrogens is 185 g/mol. The van der Waals surface area contributed by atoms with Crippen LogP contribution in [0.3, 0.4) is 0 Å². The first-order chi connectivity index (χ1) is 6.72. The van der Waals surface area contributed by atoms with Crippen molar-refractivity contribution in [2.45, 2.75) is 18.9 Å². The summed E-state index contributed by atoms with van der Waals surface area (Å²) in [6, 6.07) is 1.42. The number of pyridine rings is 1. The van der Waals surface area contributed by atoms with Crippen molar-refractivity contribution in [1.29, 1.82) is 0 Å². The van der Waals surface area contributed by atoms with Crippen LogP contribution in [0.25, 0.3) is 0 Å². The maximum atomic E-state index is 12.7. The summed E-state index contributed by atoms with van der Waals surface area (Å²) in [7, 11) is 1.53. The van der Waals surface area contributed by atoms with Gasteiger partial charge in [-0.05, 0) is 24.5 Å². The Morgan fingerprint density at radius 3 is 3.00 bits per heavy atom. The Kier molecular flexibility index (Phi) is 4.49. The van der Waals surface area contributed by atoms with E-state index < -0.39 is 6.10 Å². The van der Waals surface area contributed by atoms with Crippen molar-refractivity contribution in [3.63, 3.8) is 0 Å². The molecule has 78 valence electrons. The third-order valence-corrected chi connectivity index (χ3v) is 1.89. The van der Waals surface area contributed by atoms with Crippen molar-refractivity contribution in [3.05, 3.63) is 29.8 Å². The van der Waals surface area contributed by atoms with Crippen LogP contribution in [0.15, 0.2) is 18.5 Å². The Hall–Kier alpha value is -1.00. The van der Waals surface area contributed by atoms with E-state index in [0.717, 1.165) is 11.8 Å². The average molecular weight is 199 g/mol. The van der Waals surface area contributed by atoms with Crippen LogP contribution in [0.4, 0.5) is 4.39 Å². The van der Waals surface area contributed by atoms with E-state index in [1.165, 1.54) is 13.2 Å². The summed E-state index contributed by atoms with van der Waals surface area (Å²) >= 11 is 0. The highest BCUT2D eigenvalue weighted by atomic mass is 19.1. The fraction of sp³-hybridized carbons (Fsp3) is 0.500. The number of aliphatic hydroxyl groups is 1. The number of aliphatic hydroxyl groups excluding tert-OH is 1. The Labute approximate surface area is 82.5 Å². The number of aromatic nitrogens is 1. The molecule has 1 aromatic heterocycles. The van der Waals surface area contributed by atoms with Crippen LogP contribution in [-0.2, 0) is 11.2 Å². The number of halogens is 1. The van der Waals surface area contributed by atoms with Crippen molar-refractivity contribution in [1.82, 2.24) is 4.98 Å². The molecule has 1 unspecified atom stereocenters. The van der Waals surface area contributed by atoms with Gasteiger partial charge in [-0.15, -0.1) is 0 Å². The standard InChI is InChI=1S/C10H14FNO2/c1-14-7-10(13)3-2-8-4-9(11)6-12-5-8/h4-6,10,13H,2-3,7H2,1H3.